The van der Waals surface area contributed by atoms with E-state index < -0.39 is 10.9 Å². The Kier molecular flexibility index (Phi) is 7.08. The van der Waals surface area contributed by atoms with E-state index in [-0.39, 0.29) is 12.3 Å². The lowest BCUT2D eigenvalue weighted by Crippen LogP contribution is -2.20. The van der Waals surface area contributed by atoms with E-state index in [1.54, 1.807) is 37.5 Å². The fourth-order valence-electron chi connectivity index (χ4n) is 2.29. The molecule has 0 aliphatic heterocycles. The summed E-state index contributed by atoms with van der Waals surface area (Å²) in [6.45, 7) is 0.848. The molecule has 0 aromatic heterocycles. The molecule has 2 aromatic rings. The Balaban J connectivity index is 2.32. The number of ether oxygens (including phenoxy) is 2. The molecule has 0 spiro atoms. The van der Waals surface area contributed by atoms with Gasteiger partial charge >= 0.3 is 5.97 Å². The molecule has 0 radical (unpaired) electrons. The van der Waals surface area contributed by atoms with Gasteiger partial charge in [-0.25, -0.2) is 4.79 Å². The molecule has 0 saturated carbocycles. The number of carbonyl (C=O) groups excluding carboxylic acids is 1. The van der Waals surface area contributed by atoms with E-state index >= 15 is 0 Å². The number of benzene rings is 2. The average molecular weight is 370 g/mol. The molecule has 2 aromatic carbocycles. The summed E-state index contributed by atoms with van der Waals surface area (Å²) in [5, 5.41) is 10.9. The normalized spacial score (nSPS) is 11.3. The summed E-state index contributed by atoms with van der Waals surface area (Å²) in [5.41, 5.74) is 1.62. The molecule has 0 unspecified atom stereocenters. The predicted octanol–water partition coefficient (Wildman–Crippen LogP) is 3.25. The van der Waals surface area contributed by atoms with E-state index in [1.165, 1.54) is 12.1 Å². The molecule has 0 aliphatic rings. The molecule has 142 valence electrons. The highest BCUT2D eigenvalue weighted by Crippen LogP contribution is 2.23. The van der Waals surface area contributed by atoms with Gasteiger partial charge < -0.3 is 14.4 Å². The first-order valence-corrected chi connectivity index (χ1v) is 8.33. The number of methoxy groups -OCH3 is 1. The second kappa shape index (κ2) is 9.49. The van der Waals surface area contributed by atoms with Crippen molar-refractivity contribution >= 4 is 23.3 Å². The van der Waals surface area contributed by atoms with Crippen molar-refractivity contribution in [2.45, 2.75) is 0 Å². The van der Waals surface area contributed by atoms with Crippen LogP contribution in [0.2, 0.25) is 0 Å². The lowest BCUT2D eigenvalue weighted by Gasteiger charge is -2.12. The first-order chi connectivity index (χ1) is 12.9. The number of rotatable bonds is 8. The van der Waals surface area contributed by atoms with Crippen molar-refractivity contribution in [3.63, 3.8) is 0 Å². The Labute approximate surface area is 158 Å². The van der Waals surface area contributed by atoms with Gasteiger partial charge in [0.15, 0.2) is 0 Å². The molecule has 0 fully saturated rings. The largest absolute Gasteiger partial charge is 0.497 e. The van der Waals surface area contributed by atoms with E-state index in [2.05, 4.69) is 0 Å². The Bertz CT molecular complexity index is 811. The van der Waals surface area contributed by atoms with Gasteiger partial charge in [-0.1, -0.05) is 12.1 Å². The number of hydrogen-bond donors (Lipinski definition) is 0. The molecule has 7 nitrogen and oxygen atoms in total. The van der Waals surface area contributed by atoms with Crippen LogP contribution in [-0.4, -0.2) is 50.1 Å². The quantitative estimate of drug-likeness (QED) is 0.233. The van der Waals surface area contributed by atoms with Crippen LogP contribution in [0, 0.1) is 10.1 Å². The van der Waals surface area contributed by atoms with Gasteiger partial charge in [-0.3, -0.25) is 10.1 Å². The van der Waals surface area contributed by atoms with Crippen LogP contribution in [0.25, 0.3) is 11.6 Å². The van der Waals surface area contributed by atoms with E-state index in [0.717, 1.165) is 5.56 Å². The minimum absolute atomic E-state index is 0.0384. The molecule has 2 rings (SSSR count). The smallest absolute Gasteiger partial charge is 0.338 e. The Hall–Kier alpha value is -3.19. The second-order valence-corrected chi connectivity index (χ2v) is 6.07. The second-order valence-electron chi connectivity index (χ2n) is 6.07. The van der Waals surface area contributed by atoms with Crippen LogP contribution in [0.4, 0.5) is 5.69 Å². The van der Waals surface area contributed by atoms with Crippen LogP contribution in [0.1, 0.15) is 11.1 Å². The van der Waals surface area contributed by atoms with Crippen LogP contribution in [-0.2, 0) is 9.53 Å². The van der Waals surface area contributed by atoms with Gasteiger partial charge in [0.2, 0.25) is 0 Å². The lowest BCUT2D eigenvalue weighted by atomic mass is 10.0. The highest BCUT2D eigenvalue weighted by molar-refractivity contribution is 6.21. The number of nitrogens with zero attached hydrogens (tertiary/aromatic N) is 2. The Morgan fingerprint density at radius 3 is 2.26 bits per heavy atom. The van der Waals surface area contributed by atoms with Crippen molar-refractivity contribution < 1.29 is 19.2 Å². The Morgan fingerprint density at radius 2 is 1.74 bits per heavy atom. The zero-order valence-corrected chi connectivity index (χ0v) is 15.5. The highest BCUT2D eigenvalue weighted by atomic mass is 16.6. The number of likely N-dealkylation sites (N-methyl/N-ethyl adjacent to an activating group) is 1. The molecule has 0 aliphatic carbocycles. The summed E-state index contributed by atoms with van der Waals surface area (Å²) < 4.78 is 10.5. The van der Waals surface area contributed by atoms with Crippen LogP contribution < -0.4 is 4.74 Å². The third-order valence-corrected chi connectivity index (χ3v) is 3.81. The third kappa shape index (κ3) is 5.93. The number of non-ortho nitro benzene ring substituents is 1. The minimum atomic E-state index is -0.485. The SMILES string of the molecule is COc1ccc(C=C(C(=O)OCCN(C)C)c2ccc([N+](=O)[O-])cc2)cc1. The van der Waals surface area contributed by atoms with Gasteiger partial charge in [0.1, 0.15) is 12.4 Å². The van der Waals surface area contributed by atoms with Crippen molar-refractivity contribution in [2.24, 2.45) is 0 Å². The number of hydrogen-bond acceptors (Lipinski definition) is 6. The first-order valence-electron chi connectivity index (χ1n) is 8.33. The molecule has 27 heavy (non-hydrogen) atoms. The molecule has 7 heteroatoms. The van der Waals surface area contributed by atoms with Gasteiger partial charge in [0, 0.05) is 18.7 Å². The molecule has 0 N–H and O–H groups in total. The summed E-state index contributed by atoms with van der Waals surface area (Å²) in [6.07, 6.45) is 1.69. The summed E-state index contributed by atoms with van der Waals surface area (Å²) in [4.78, 5) is 24.9. The lowest BCUT2D eigenvalue weighted by molar-refractivity contribution is -0.384. The Morgan fingerprint density at radius 1 is 1.11 bits per heavy atom. The van der Waals surface area contributed by atoms with Crippen molar-refractivity contribution in [1.29, 1.82) is 0 Å². The molecule has 0 bridgehead atoms. The molecule has 0 atom stereocenters. The topological polar surface area (TPSA) is 81.9 Å². The standard InChI is InChI=1S/C20H22N2O5/c1-21(2)12-13-27-20(23)19(14-15-4-10-18(26-3)11-5-15)16-6-8-17(9-7-16)22(24)25/h4-11,14H,12-13H2,1-3H3. The number of nitro benzene ring substituents is 1. The van der Waals surface area contributed by atoms with Crippen LogP contribution in [0.3, 0.4) is 0 Å². The number of esters is 1. The maximum absolute atomic E-state index is 12.6. The van der Waals surface area contributed by atoms with Crippen molar-refractivity contribution in [1.82, 2.24) is 4.90 Å². The average Bonchev–Trinajstić information content (AvgIpc) is 2.66. The molecule has 0 heterocycles. The summed E-state index contributed by atoms with van der Waals surface area (Å²) in [6, 6.07) is 13.0. The fourth-order valence-corrected chi connectivity index (χ4v) is 2.29. The van der Waals surface area contributed by atoms with Crippen molar-refractivity contribution in [2.75, 3.05) is 34.4 Å². The summed E-state index contributed by atoms with van der Waals surface area (Å²) >= 11 is 0. The minimum Gasteiger partial charge on any atom is -0.497 e. The highest BCUT2D eigenvalue weighted by Gasteiger charge is 2.16. The van der Waals surface area contributed by atoms with Crippen LogP contribution in [0.5, 0.6) is 5.75 Å². The molecular weight excluding hydrogens is 348 g/mol. The molecule has 0 saturated heterocycles. The molecular formula is C20H22N2O5. The van der Waals surface area contributed by atoms with Crippen molar-refractivity contribution in [3.05, 3.63) is 69.8 Å². The van der Waals surface area contributed by atoms with E-state index in [9.17, 15) is 14.9 Å². The summed E-state index contributed by atoms with van der Waals surface area (Å²) in [5.74, 6) is 0.221. The van der Waals surface area contributed by atoms with Gasteiger partial charge in [0.25, 0.3) is 5.69 Å². The van der Waals surface area contributed by atoms with E-state index in [4.69, 9.17) is 9.47 Å². The molecule has 0 amide bonds. The maximum atomic E-state index is 12.6. The van der Waals surface area contributed by atoms with E-state index in [0.29, 0.717) is 23.4 Å². The van der Waals surface area contributed by atoms with Gasteiger partial charge in [-0.15, -0.1) is 0 Å². The fraction of sp³-hybridized carbons (Fsp3) is 0.250. The van der Waals surface area contributed by atoms with Crippen molar-refractivity contribution in [3.8, 4) is 5.75 Å². The van der Waals surface area contributed by atoms with Gasteiger partial charge in [0.05, 0.1) is 17.6 Å². The predicted molar refractivity (Wildman–Crippen MR) is 103 cm³/mol. The zero-order valence-electron chi connectivity index (χ0n) is 15.5. The van der Waals surface area contributed by atoms with Gasteiger partial charge in [-0.05, 0) is 55.6 Å². The number of carbonyl (C=O) groups is 1. The first kappa shape index (κ1) is 20.1. The van der Waals surface area contributed by atoms with Crippen LogP contribution in [0.15, 0.2) is 48.5 Å². The van der Waals surface area contributed by atoms with Crippen LogP contribution >= 0.6 is 0 Å². The third-order valence-electron chi connectivity index (χ3n) is 3.81. The zero-order chi connectivity index (χ0) is 19.8. The number of nitro groups is 1. The van der Waals surface area contributed by atoms with E-state index in [1.807, 2.05) is 31.1 Å². The summed E-state index contributed by atoms with van der Waals surface area (Å²) in [7, 11) is 5.35. The monoisotopic (exact) mass is 370 g/mol. The van der Waals surface area contributed by atoms with Gasteiger partial charge in [-0.2, -0.15) is 0 Å². The maximum Gasteiger partial charge on any atom is 0.338 e.